The van der Waals surface area contributed by atoms with Crippen molar-refractivity contribution in [3.63, 3.8) is 0 Å². The third-order valence-electron chi connectivity index (χ3n) is 3.61. The predicted molar refractivity (Wildman–Crippen MR) is 97.5 cm³/mol. The van der Waals surface area contributed by atoms with Crippen LogP contribution in [0.2, 0.25) is 0 Å². The Morgan fingerprint density at radius 3 is 2.46 bits per heavy atom. The van der Waals surface area contributed by atoms with Gasteiger partial charge in [0.25, 0.3) is 5.91 Å². The number of rotatable bonds is 8. The average Bonchev–Trinajstić information content (AvgIpc) is 2.95. The van der Waals surface area contributed by atoms with E-state index in [1.807, 2.05) is 30.3 Å². The molecule has 0 unspecified atom stereocenters. The smallest absolute Gasteiger partial charge is 0.350 e. The number of thiazole rings is 1. The van der Waals surface area contributed by atoms with Gasteiger partial charge in [0.15, 0.2) is 6.61 Å². The summed E-state index contributed by atoms with van der Waals surface area (Å²) in [5, 5.41) is 0.757. The largest absolute Gasteiger partial charge is 0.451 e. The van der Waals surface area contributed by atoms with Gasteiger partial charge in [-0.3, -0.25) is 9.59 Å². The standard InChI is InChI=1S/C18H21N3O4S/c1-12-17(26-13(2)20-12)18(24)25-11-16(23)21(9-8-15(19)22)10-14-6-4-3-5-7-14/h3-7H,8-11H2,1-2H3,(H2,19,22). The van der Waals surface area contributed by atoms with Gasteiger partial charge in [-0.05, 0) is 19.4 Å². The molecule has 26 heavy (non-hydrogen) atoms. The number of hydrogen-bond acceptors (Lipinski definition) is 6. The molecule has 7 nitrogen and oxygen atoms in total. The quantitative estimate of drug-likeness (QED) is 0.709. The number of esters is 1. The maximum absolute atomic E-state index is 12.5. The maximum atomic E-state index is 12.5. The summed E-state index contributed by atoms with van der Waals surface area (Å²) >= 11 is 1.23. The summed E-state index contributed by atoms with van der Waals surface area (Å²) in [6.45, 7) is 3.59. The van der Waals surface area contributed by atoms with Crippen LogP contribution in [-0.4, -0.2) is 40.8 Å². The fraction of sp³-hybridized carbons (Fsp3) is 0.333. The van der Waals surface area contributed by atoms with Crippen LogP contribution in [0.1, 0.15) is 32.4 Å². The zero-order valence-electron chi connectivity index (χ0n) is 14.7. The van der Waals surface area contributed by atoms with E-state index < -0.39 is 18.5 Å². The second kappa shape index (κ2) is 9.10. The molecular formula is C18H21N3O4S. The molecule has 0 saturated heterocycles. The summed E-state index contributed by atoms with van der Waals surface area (Å²) in [6, 6.07) is 9.35. The lowest BCUT2D eigenvalue weighted by Crippen LogP contribution is -2.36. The Labute approximate surface area is 155 Å². The van der Waals surface area contributed by atoms with Crippen molar-refractivity contribution in [1.29, 1.82) is 0 Å². The van der Waals surface area contributed by atoms with Crippen LogP contribution in [0.15, 0.2) is 30.3 Å². The van der Waals surface area contributed by atoms with Gasteiger partial charge in [0.05, 0.1) is 10.7 Å². The number of aryl methyl sites for hydroxylation is 2. The van der Waals surface area contributed by atoms with Crippen molar-refractivity contribution in [2.24, 2.45) is 5.73 Å². The molecule has 2 N–H and O–H groups in total. The SMILES string of the molecule is Cc1nc(C)c(C(=O)OCC(=O)N(CCC(N)=O)Cc2ccccc2)s1. The molecule has 138 valence electrons. The first-order valence-corrected chi connectivity index (χ1v) is 8.89. The van der Waals surface area contributed by atoms with Crippen LogP contribution in [0, 0.1) is 13.8 Å². The van der Waals surface area contributed by atoms with Gasteiger partial charge in [-0.15, -0.1) is 11.3 Å². The summed E-state index contributed by atoms with van der Waals surface area (Å²) in [5.74, 6) is -1.46. The van der Waals surface area contributed by atoms with Gasteiger partial charge in [0.2, 0.25) is 5.91 Å². The van der Waals surface area contributed by atoms with E-state index in [2.05, 4.69) is 4.98 Å². The Balaban J connectivity index is 1.99. The van der Waals surface area contributed by atoms with Crippen LogP contribution in [0.3, 0.4) is 0 Å². The molecule has 0 aliphatic rings. The lowest BCUT2D eigenvalue weighted by atomic mass is 10.2. The van der Waals surface area contributed by atoms with Crippen molar-refractivity contribution >= 4 is 29.1 Å². The van der Waals surface area contributed by atoms with Crippen molar-refractivity contribution in [3.05, 3.63) is 51.5 Å². The van der Waals surface area contributed by atoms with Gasteiger partial charge in [-0.25, -0.2) is 9.78 Å². The Morgan fingerprint density at radius 1 is 1.19 bits per heavy atom. The Bertz CT molecular complexity index is 789. The number of ether oxygens (including phenoxy) is 1. The van der Waals surface area contributed by atoms with Gasteiger partial charge >= 0.3 is 5.97 Å². The Hall–Kier alpha value is -2.74. The number of carbonyl (C=O) groups is 3. The second-order valence-electron chi connectivity index (χ2n) is 5.74. The topological polar surface area (TPSA) is 103 Å². The zero-order valence-corrected chi connectivity index (χ0v) is 15.5. The zero-order chi connectivity index (χ0) is 19.1. The molecule has 0 saturated carbocycles. The number of primary amides is 1. The normalized spacial score (nSPS) is 10.4. The van der Waals surface area contributed by atoms with E-state index in [0.717, 1.165) is 10.6 Å². The summed E-state index contributed by atoms with van der Waals surface area (Å²) in [6.07, 6.45) is 0.0413. The number of aromatic nitrogens is 1. The number of hydrogen-bond donors (Lipinski definition) is 1. The molecule has 1 heterocycles. The van der Waals surface area contributed by atoms with Gasteiger partial charge in [-0.1, -0.05) is 30.3 Å². The number of amides is 2. The molecule has 0 radical (unpaired) electrons. The highest BCUT2D eigenvalue weighted by Gasteiger charge is 2.20. The molecule has 0 aliphatic heterocycles. The van der Waals surface area contributed by atoms with Crippen LogP contribution >= 0.6 is 11.3 Å². The highest BCUT2D eigenvalue weighted by molar-refractivity contribution is 7.13. The third-order valence-corrected chi connectivity index (χ3v) is 4.67. The first-order chi connectivity index (χ1) is 12.4. The van der Waals surface area contributed by atoms with Crippen molar-refractivity contribution in [3.8, 4) is 0 Å². The fourth-order valence-corrected chi connectivity index (χ4v) is 3.16. The van der Waals surface area contributed by atoms with Crippen molar-refractivity contribution in [2.45, 2.75) is 26.8 Å². The number of benzene rings is 1. The molecule has 2 amide bonds. The Morgan fingerprint density at radius 2 is 1.88 bits per heavy atom. The van der Waals surface area contributed by atoms with E-state index in [9.17, 15) is 14.4 Å². The maximum Gasteiger partial charge on any atom is 0.350 e. The van der Waals surface area contributed by atoms with Crippen molar-refractivity contribution in [2.75, 3.05) is 13.2 Å². The minimum atomic E-state index is -0.573. The monoisotopic (exact) mass is 375 g/mol. The van der Waals surface area contributed by atoms with Crippen LogP contribution in [-0.2, 0) is 20.9 Å². The molecule has 0 atom stereocenters. The van der Waals surface area contributed by atoms with Crippen molar-refractivity contribution in [1.82, 2.24) is 9.88 Å². The third kappa shape index (κ3) is 5.66. The van der Waals surface area contributed by atoms with E-state index in [-0.39, 0.29) is 18.9 Å². The van der Waals surface area contributed by atoms with E-state index in [1.54, 1.807) is 13.8 Å². The molecule has 8 heteroatoms. The van der Waals surface area contributed by atoms with Gasteiger partial charge in [0, 0.05) is 19.5 Å². The van der Waals surface area contributed by atoms with Crippen LogP contribution in [0.4, 0.5) is 0 Å². The lowest BCUT2D eigenvalue weighted by molar-refractivity contribution is -0.135. The van der Waals surface area contributed by atoms with Crippen LogP contribution in [0.5, 0.6) is 0 Å². The van der Waals surface area contributed by atoms with Crippen LogP contribution < -0.4 is 5.73 Å². The molecular weight excluding hydrogens is 354 g/mol. The van der Waals surface area contributed by atoms with Gasteiger partial charge < -0.3 is 15.4 Å². The van der Waals surface area contributed by atoms with E-state index in [0.29, 0.717) is 17.1 Å². The molecule has 0 aliphatic carbocycles. The van der Waals surface area contributed by atoms with Gasteiger partial charge in [0.1, 0.15) is 4.88 Å². The molecule has 2 rings (SSSR count). The van der Waals surface area contributed by atoms with Crippen LogP contribution in [0.25, 0.3) is 0 Å². The molecule has 0 bridgehead atoms. The minimum Gasteiger partial charge on any atom is -0.451 e. The number of nitrogens with zero attached hydrogens (tertiary/aromatic N) is 2. The van der Waals surface area contributed by atoms with Gasteiger partial charge in [-0.2, -0.15) is 0 Å². The number of carbonyl (C=O) groups excluding carboxylic acids is 3. The van der Waals surface area contributed by atoms with E-state index >= 15 is 0 Å². The minimum absolute atomic E-state index is 0.0413. The average molecular weight is 375 g/mol. The highest BCUT2D eigenvalue weighted by atomic mass is 32.1. The summed E-state index contributed by atoms with van der Waals surface area (Å²) in [4.78, 5) is 41.7. The summed E-state index contributed by atoms with van der Waals surface area (Å²) < 4.78 is 5.13. The Kier molecular flexibility index (Phi) is 6.85. The highest BCUT2D eigenvalue weighted by Crippen LogP contribution is 2.18. The summed E-state index contributed by atoms with van der Waals surface area (Å²) in [7, 11) is 0. The first-order valence-electron chi connectivity index (χ1n) is 8.08. The van der Waals surface area contributed by atoms with E-state index in [1.165, 1.54) is 16.2 Å². The number of nitrogens with two attached hydrogens (primary N) is 1. The van der Waals surface area contributed by atoms with Crippen molar-refractivity contribution < 1.29 is 19.1 Å². The summed E-state index contributed by atoms with van der Waals surface area (Å²) in [5.41, 5.74) is 6.67. The second-order valence-corrected chi connectivity index (χ2v) is 6.94. The van der Waals surface area contributed by atoms with E-state index in [4.69, 9.17) is 10.5 Å². The lowest BCUT2D eigenvalue weighted by Gasteiger charge is -2.22. The molecule has 0 fully saturated rings. The molecule has 0 spiro atoms. The fourth-order valence-electron chi connectivity index (χ4n) is 2.35. The molecule has 1 aromatic carbocycles. The first kappa shape index (κ1) is 19.6. The molecule has 2 aromatic rings. The molecule has 1 aromatic heterocycles. The predicted octanol–water partition coefficient (Wildman–Crippen LogP) is 1.82.